The zero-order valence-corrected chi connectivity index (χ0v) is 13.4. The minimum Gasteiger partial charge on any atom is -0.496 e. The van der Waals surface area contributed by atoms with E-state index in [1.807, 2.05) is 0 Å². The molecule has 1 aliphatic rings. The van der Waals surface area contributed by atoms with Crippen molar-refractivity contribution < 1.29 is 18.3 Å². The van der Waals surface area contributed by atoms with E-state index in [0.29, 0.717) is 28.3 Å². The van der Waals surface area contributed by atoms with Gasteiger partial charge in [-0.15, -0.1) is 0 Å². The van der Waals surface area contributed by atoms with E-state index in [2.05, 4.69) is 12.2 Å². The van der Waals surface area contributed by atoms with Gasteiger partial charge in [-0.3, -0.25) is 0 Å². The van der Waals surface area contributed by atoms with Crippen molar-refractivity contribution in [1.29, 1.82) is 0 Å². The topological polar surface area (TPSA) is 75.6 Å². The second-order valence-electron chi connectivity index (χ2n) is 5.43. The Labute approximate surface area is 126 Å². The zero-order chi connectivity index (χ0) is 15.5. The van der Waals surface area contributed by atoms with Gasteiger partial charge in [0.2, 0.25) is 0 Å². The molecule has 0 amide bonds. The second-order valence-corrected chi connectivity index (χ2v) is 7.43. The number of hydrogen-bond acceptors (Lipinski definition) is 5. The molecule has 6 heteroatoms. The molecule has 0 spiro atoms. The summed E-state index contributed by atoms with van der Waals surface area (Å²) in [6.07, 6.45) is 2.91. The predicted octanol–water partition coefficient (Wildman–Crippen LogP) is 1.62. The van der Waals surface area contributed by atoms with Gasteiger partial charge in [-0.2, -0.15) is 0 Å². The highest BCUT2D eigenvalue weighted by molar-refractivity contribution is 7.91. The van der Waals surface area contributed by atoms with Crippen LogP contribution in [0.2, 0.25) is 0 Å². The predicted molar refractivity (Wildman–Crippen MR) is 81.1 cm³/mol. The second kappa shape index (κ2) is 6.77. The highest BCUT2D eigenvalue weighted by atomic mass is 32.2. The van der Waals surface area contributed by atoms with Crippen molar-refractivity contribution in [2.45, 2.75) is 50.3 Å². The van der Waals surface area contributed by atoms with Gasteiger partial charge in [-0.25, -0.2) is 8.42 Å². The number of fused-ring (bicyclic) bond motifs is 1. The van der Waals surface area contributed by atoms with Crippen LogP contribution in [0.4, 0.5) is 0 Å². The molecule has 0 saturated carbocycles. The third kappa shape index (κ3) is 3.56. The summed E-state index contributed by atoms with van der Waals surface area (Å²) in [6.45, 7) is 2.36. The van der Waals surface area contributed by atoms with Crippen molar-refractivity contribution in [3.05, 3.63) is 23.3 Å². The number of aliphatic hydroxyl groups is 1. The van der Waals surface area contributed by atoms with Gasteiger partial charge in [0.1, 0.15) is 5.75 Å². The number of unbranched alkanes of at least 4 members (excludes halogenated alkanes) is 1. The van der Waals surface area contributed by atoms with E-state index < -0.39 is 9.84 Å². The van der Waals surface area contributed by atoms with E-state index in [0.717, 1.165) is 19.3 Å². The van der Waals surface area contributed by atoms with Gasteiger partial charge in [-0.1, -0.05) is 19.8 Å². The Kier molecular flexibility index (Phi) is 5.24. The van der Waals surface area contributed by atoms with Crippen molar-refractivity contribution in [3.63, 3.8) is 0 Å². The molecule has 1 unspecified atom stereocenters. The zero-order valence-electron chi connectivity index (χ0n) is 12.6. The van der Waals surface area contributed by atoms with Crippen LogP contribution in [0.5, 0.6) is 5.75 Å². The average molecular weight is 313 g/mol. The molecular formula is C15H23NO4S. The maximum atomic E-state index is 12.6. The van der Waals surface area contributed by atoms with E-state index in [1.165, 1.54) is 7.11 Å². The third-order valence-corrected chi connectivity index (χ3v) is 5.77. The first-order valence-corrected chi connectivity index (χ1v) is 8.93. The molecule has 0 saturated heterocycles. The molecule has 0 radical (unpaired) electrons. The van der Waals surface area contributed by atoms with Gasteiger partial charge < -0.3 is 15.2 Å². The van der Waals surface area contributed by atoms with Crippen LogP contribution in [0.1, 0.15) is 37.3 Å². The van der Waals surface area contributed by atoms with Crippen LogP contribution in [0.15, 0.2) is 17.0 Å². The Balaban J connectivity index is 2.39. The quantitative estimate of drug-likeness (QED) is 0.864. The lowest BCUT2D eigenvalue weighted by molar-refractivity contribution is 0.273. The lowest BCUT2D eigenvalue weighted by atomic mass is 10.1. The molecule has 0 aliphatic carbocycles. The molecule has 1 heterocycles. The molecule has 5 nitrogen and oxygen atoms in total. The molecule has 0 aromatic heterocycles. The van der Waals surface area contributed by atoms with Gasteiger partial charge in [0.15, 0.2) is 9.84 Å². The lowest BCUT2D eigenvalue weighted by Gasteiger charge is -2.14. The number of methoxy groups -OCH3 is 1. The fourth-order valence-corrected chi connectivity index (χ4v) is 4.54. The fourth-order valence-electron chi connectivity index (χ4n) is 2.69. The summed E-state index contributed by atoms with van der Waals surface area (Å²) in [6, 6.07) is 3.24. The lowest BCUT2D eigenvalue weighted by Crippen LogP contribution is -2.32. The number of aliphatic hydroxyl groups excluding tert-OH is 1. The van der Waals surface area contributed by atoms with Crippen LogP contribution in [0.25, 0.3) is 0 Å². The highest BCUT2D eigenvalue weighted by Gasteiger charge is 2.28. The Morgan fingerprint density at radius 3 is 2.81 bits per heavy atom. The Bertz CT molecular complexity index is 598. The van der Waals surface area contributed by atoms with Gasteiger partial charge in [-0.05, 0) is 24.1 Å². The summed E-state index contributed by atoms with van der Waals surface area (Å²) in [5.41, 5.74) is 1.22. The van der Waals surface area contributed by atoms with E-state index in [1.54, 1.807) is 12.1 Å². The molecule has 0 bridgehead atoms. The largest absolute Gasteiger partial charge is 0.496 e. The number of hydrogen-bond donors (Lipinski definition) is 2. The first-order chi connectivity index (χ1) is 10.0. The van der Waals surface area contributed by atoms with E-state index >= 15 is 0 Å². The van der Waals surface area contributed by atoms with Crippen molar-refractivity contribution in [1.82, 2.24) is 5.32 Å². The number of benzene rings is 1. The summed E-state index contributed by atoms with van der Waals surface area (Å²) < 4.78 is 30.4. The van der Waals surface area contributed by atoms with Crippen LogP contribution >= 0.6 is 0 Å². The molecule has 0 fully saturated rings. The molecule has 1 aromatic rings. The van der Waals surface area contributed by atoms with Crippen molar-refractivity contribution in [3.8, 4) is 5.75 Å². The van der Waals surface area contributed by atoms with Crippen molar-refractivity contribution in [2.75, 3.05) is 12.9 Å². The van der Waals surface area contributed by atoms with Crippen LogP contribution in [-0.2, 0) is 23.0 Å². The first kappa shape index (κ1) is 16.3. The van der Waals surface area contributed by atoms with Gasteiger partial charge in [0.05, 0.1) is 24.4 Å². The Morgan fingerprint density at radius 2 is 2.19 bits per heavy atom. The van der Waals surface area contributed by atoms with Crippen molar-refractivity contribution >= 4 is 9.84 Å². The maximum absolute atomic E-state index is 12.6. The van der Waals surface area contributed by atoms with Crippen LogP contribution in [-0.4, -0.2) is 32.4 Å². The first-order valence-electron chi connectivity index (χ1n) is 7.28. The Morgan fingerprint density at radius 1 is 1.43 bits per heavy atom. The molecule has 2 rings (SSSR count). The van der Waals surface area contributed by atoms with Crippen LogP contribution in [0, 0.1) is 0 Å². The molecular weight excluding hydrogens is 290 g/mol. The van der Waals surface area contributed by atoms with Crippen LogP contribution < -0.4 is 10.1 Å². The van der Waals surface area contributed by atoms with Crippen molar-refractivity contribution in [2.24, 2.45) is 0 Å². The van der Waals surface area contributed by atoms with E-state index in [-0.39, 0.29) is 18.4 Å². The molecule has 2 N–H and O–H groups in total. The van der Waals surface area contributed by atoms with Gasteiger partial charge in [0, 0.05) is 18.2 Å². The summed E-state index contributed by atoms with van der Waals surface area (Å²) in [7, 11) is -1.83. The van der Waals surface area contributed by atoms with Crippen LogP contribution in [0.3, 0.4) is 0 Å². The molecule has 118 valence electrons. The molecule has 1 aromatic carbocycles. The SMILES string of the molecule is CCCCC1CS(=O)(=O)c2cc(CO)c(OC)cc2CN1. The smallest absolute Gasteiger partial charge is 0.180 e. The maximum Gasteiger partial charge on any atom is 0.180 e. The third-order valence-electron chi connectivity index (χ3n) is 3.88. The number of nitrogens with one attached hydrogen (secondary N) is 1. The van der Waals surface area contributed by atoms with Gasteiger partial charge >= 0.3 is 0 Å². The average Bonchev–Trinajstić information content (AvgIpc) is 2.60. The Hall–Kier alpha value is -1.11. The summed E-state index contributed by atoms with van der Waals surface area (Å²) in [5.74, 6) is 0.636. The summed E-state index contributed by atoms with van der Waals surface area (Å²) in [4.78, 5) is 0.318. The monoisotopic (exact) mass is 313 g/mol. The standard InChI is InChI=1S/C15H23NO4S/c1-3-4-5-13-10-21(18,19)15-7-12(9-17)14(20-2)6-11(15)8-16-13/h6-7,13,16-17H,3-5,8-10H2,1-2H3. The van der Waals surface area contributed by atoms with E-state index in [4.69, 9.17) is 4.74 Å². The number of rotatable bonds is 5. The minimum atomic E-state index is -3.34. The number of ether oxygens (including phenoxy) is 1. The summed E-state index contributed by atoms with van der Waals surface area (Å²) in [5, 5.41) is 12.7. The van der Waals surface area contributed by atoms with E-state index in [9.17, 15) is 13.5 Å². The molecule has 1 aliphatic heterocycles. The summed E-state index contributed by atoms with van der Waals surface area (Å²) >= 11 is 0. The molecule has 1 atom stereocenters. The molecule has 21 heavy (non-hydrogen) atoms. The highest BCUT2D eigenvalue weighted by Crippen LogP contribution is 2.30. The van der Waals surface area contributed by atoms with Gasteiger partial charge in [0.25, 0.3) is 0 Å². The number of sulfone groups is 1. The fraction of sp³-hybridized carbons (Fsp3) is 0.600. The normalized spacial score (nSPS) is 20.6. The minimum absolute atomic E-state index is 0.0223.